The Morgan fingerprint density at radius 2 is 1.58 bits per heavy atom. The Hall–Kier alpha value is -2.52. The van der Waals surface area contributed by atoms with Gasteiger partial charge in [0.15, 0.2) is 0 Å². The van der Waals surface area contributed by atoms with Gasteiger partial charge in [0.2, 0.25) is 0 Å². The Kier molecular flexibility index (Phi) is 7.29. The monoisotopic (exact) mass is 445 g/mol. The lowest BCUT2D eigenvalue weighted by Gasteiger charge is -2.34. The van der Waals surface area contributed by atoms with Crippen LogP contribution in [0, 0.1) is 25.7 Å². The maximum atomic E-state index is 6.71. The molecule has 0 saturated heterocycles. The summed E-state index contributed by atoms with van der Waals surface area (Å²) in [5.74, 6) is 2.10. The summed E-state index contributed by atoms with van der Waals surface area (Å²) in [6.07, 6.45) is 9.82. The van der Waals surface area contributed by atoms with Crippen LogP contribution in [0.1, 0.15) is 75.3 Å². The maximum Gasteiger partial charge on any atom is 0.125 e. The van der Waals surface area contributed by atoms with Crippen molar-refractivity contribution >= 4 is 5.57 Å². The lowest BCUT2D eigenvalue weighted by molar-refractivity contribution is -0.190. The molecular weight excluding hydrogens is 406 g/mol. The summed E-state index contributed by atoms with van der Waals surface area (Å²) in [7, 11) is 0. The van der Waals surface area contributed by atoms with E-state index in [4.69, 9.17) is 9.57 Å². The topological polar surface area (TPSA) is 21.7 Å². The predicted molar refractivity (Wildman–Crippen MR) is 137 cm³/mol. The van der Waals surface area contributed by atoms with Crippen molar-refractivity contribution in [2.45, 2.75) is 79.1 Å². The number of rotatable bonds is 5. The van der Waals surface area contributed by atoms with Crippen molar-refractivity contribution in [1.82, 2.24) is 5.06 Å². The first-order valence-electron chi connectivity index (χ1n) is 12.5. The van der Waals surface area contributed by atoms with Crippen molar-refractivity contribution in [3.8, 4) is 5.75 Å². The van der Waals surface area contributed by atoms with E-state index < -0.39 is 0 Å². The first-order valence-corrected chi connectivity index (χ1v) is 12.5. The van der Waals surface area contributed by atoms with Gasteiger partial charge in [-0.05, 0) is 67.9 Å². The molecule has 0 bridgehead atoms. The van der Waals surface area contributed by atoms with Gasteiger partial charge in [0, 0.05) is 18.2 Å². The molecule has 33 heavy (non-hydrogen) atoms. The molecule has 3 atom stereocenters. The van der Waals surface area contributed by atoms with E-state index in [9.17, 15) is 0 Å². The molecule has 0 fully saturated rings. The van der Waals surface area contributed by atoms with Crippen LogP contribution in [0.4, 0.5) is 0 Å². The molecule has 0 N–H and O–H groups in total. The Morgan fingerprint density at radius 1 is 0.909 bits per heavy atom. The first-order chi connectivity index (χ1) is 15.8. The summed E-state index contributed by atoms with van der Waals surface area (Å²) in [5, 5.41) is 2.05. The molecule has 2 heterocycles. The Bertz CT molecular complexity index is 999. The highest BCUT2D eigenvalue weighted by atomic mass is 16.7. The smallest absolute Gasteiger partial charge is 0.125 e. The van der Waals surface area contributed by atoms with E-state index in [1.165, 1.54) is 22.3 Å². The molecule has 3 unspecified atom stereocenters. The van der Waals surface area contributed by atoms with Crippen LogP contribution >= 0.6 is 0 Å². The third-order valence-corrected chi connectivity index (χ3v) is 6.36. The van der Waals surface area contributed by atoms with Crippen LogP contribution in [0.15, 0.2) is 60.8 Å². The maximum absolute atomic E-state index is 6.71. The second-order valence-electron chi connectivity index (χ2n) is 10.6. The first kappa shape index (κ1) is 23.6. The zero-order chi connectivity index (χ0) is 23.5. The molecule has 0 aliphatic carbocycles. The molecule has 0 aromatic heterocycles. The minimum absolute atomic E-state index is 0.0329. The van der Waals surface area contributed by atoms with Gasteiger partial charge >= 0.3 is 0 Å². The Labute approximate surface area is 200 Å². The van der Waals surface area contributed by atoms with Crippen LogP contribution in [0.3, 0.4) is 0 Å². The summed E-state index contributed by atoms with van der Waals surface area (Å²) in [5.41, 5.74) is 6.19. The van der Waals surface area contributed by atoms with Crippen molar-refractivity contribution < 1.29 is 9.57 Å². The normalized spacial score (nSPS) is 22.7. The zero-order valence-corrected chi connectivity index (χ0v) is 21.0. The van der Waals surface area contributed by atoms with Gasteiger partial charge in [-0.2, -0.15) is 0 Å². The minimum Gasteiger partial charge on any atom is -0.490 e. The van der Waals surface area contributed by atoms with Crippen LogP contribution in [-0.4, -0.2) is 17.3 Å². The number of ether oxygens (including phenoxy) is 1. The lowest BCUT2D eigenvalue weighted by Crippen LogP contribution is -2.33. The van der Waals surface area contributed by atoms with Gasteiger partial charge in [0.25, 0.3) is 0 Å². The number of hydrogen-bond acceptors (Lipinski definition) is 3. The molecule has 2 aromatic rings. The second kappa shape index (κ2) is 10.2. The molecule has 3 nitrogen and oxygen atoms in total. The highest BCUT2D eigenvalue weighted by molar-refractivity contribution is 5.76. The largest absolute Gasteiger partial charge is 0.490 e. The third kappa shape index (κ3) is 5.89. The molecule has 2 aromatic carbocycles. The number of aryl methyl sites for hydroxylation is 2. The molecule has 176 valence electrons. The van der Waals surface area contributed by atoms with Gasteiger partial charge in [-0.15, -0.1) is 0 Å². The number of benzene rings is 2. The van der Waals surface area contributed by atoms with Crippen molar-refractivity contribution in [2.75, 3.05) is 0 Å². The number of hydroxylamine groups is 2. The quantitative estimate of drug-likeness (QED) is 0.468. The number of hydrogen-bond donors (Lipinski definition) is 0. The average Bonchev–Trinajstić information content (AvgIpc) is 2.78. The molecule has 3 heteroatoms. The van der Waals surface area contributed by atoms with E-state index in [1.54, 1.807) is 0 Å². The predicted octanol–water partition coefficient (Wildman–Crippen LogP) is 7.80. The molecule has 2 aliphatic heterocycles. The summed E-state index contributed by atoms with van der Waals surface area (Å²) in [6, 6.07) is 15.2. The standard InChI is InChI=1S/C30H39NO2/c1-20(2)13-26-19-27(14-21(3)4)33-31-12-11-24(25-16-22(5)15-23(6)17-25)18-29(31)28-9-7-8-10-30(28)32-26/h7-12,15-18,20-21,26-27,29H,13-14,19H2,1-6H3. The van der Waals surface area contributed by atoms with Crippen LogP contribution in [0.5, 0.6) is 5.75 Å². The summed E-state index contributed by atoms with van der Waals surface area (Å²) >= 11 is 0. The number of fused-ring (bicyclic) bond motifs is 3. The highest BCUT2D eigenvalue weighted by Gasteiger charge is 2.31. The molecular formula is C30H39NO2. The van der Waals surface area contributed by atoms with Crippen molar-refractivity contribution in [3.05, 3.63) is 83.1 Å². The molecule has 0 saturated carbocycles. The third-order valence-electron chi connectivity index (χ3n) is 6.36. The van der Waals surface area contributed by atoms with E-state index >= 15 is 0 Å². The van der Waals surface area contributed by atoms with E-state index in [1.807, 2.05) is 0 Å². The number of para-hydroxylation sites is 1. The Balaban J connectivity index is 1.76. The SMILES string of the molecule is Cc1cc(C)cc(C2=CC3c4ccccc4OC(CC(C)C)CC(CC(C)C)ON3C=C2)c1. The van der Waals surface area contributed by atoms with Gasteiger partial charge in [-0.3, -0.25) is 4.84 Å². The van der Waals surface area contributed by atoms with Crippen LogP contribution < -0.4 is 4.74 Å². The molecule has 2 aliphatic rings. The molecule has 0 amide bonds. The van der Waals surface area contributed by atoms with Crippen LogP contribution in [0.2, 0.25) is 0 Å². The average molecular weight is 446 g/mol. The molecule has 4 rings (SSSR count). The summed E-state index contributed by atoms with van der Waals surface area (Å²) in [6.45, 7) is 13.4. The van der Waals surface area contributed by atoms with Gasteiger partial charge in [-0.1, -0.05) is 75.2 Å². The second-order valence-corrected chi connectivity index (χ2v) is 10.6. The van der Waals surface area contributed by atoms with Crippen molar-refractivity contribution in [1.29, 1.82) is 0 Å². The van der Waals surface area contributed by atoms with E-state index in [2.05, 4.69) is 107 Å². The number of allylic oxidation sites excluding steroid dienone is 2. The fourth-order valence-corrected chi connectivity index (χ4v) is 5.11. The Morgan fingerprint density at radius 3 is 2.27 bits per heavy atom. The van der Waals surface area contributed by atoms with Gasteiger partial charge in [-0.25, -0.2) is 5.06 Å². The zero-order valence-electron chi connectivity index (χ0n) is 21.0. The van der Waals surface area contributed by atoms with Crippen molar-refractivity contribution in [2.24, 2.45) is 11.8 Å². The lowest BCUT2D eigenvalue weighted by atomic mass is 9.94. The van der Waals surface area contributed by atoms with Crippen LogP contribution in [-0.2, 0) is 4.84 Å². The van der Waals surface area contributed by atoms with Crippen molar-refractivity contribution in [3.63, 3.8) is 0 Å². The summed E-state index contributed by atoms with van der Waals surface area (Å²) in [4.78, 5) is 6.71. The van der Waals surface area contributed by atoms with Gasteiger partial charge in [0.1, 0.15) is 17.9 Å². The van der Waals surface area contributed by atoms with E-state index in [0.29, 0.717) is 11.8 Å². The van der Waals surface area contributed by atoms with E-state index in [0.717, 1.165) is 30.6 Å². The van der Waals surface area contributed by atoms with Crippen LogP contribution in [0.25, 0.3) is 5.57 Å². The molecule has 0 spiro atoms. The summed E-state index contributed by atoms with van der Waals surface area (Å²) < 4.78 is 6.71. The van der Waals surface area contributed by atoms with E-state index in [-0.39, 0.29) is 18.2 Å². The van der Waals surface area contributed by atoms with Gasteiger partial charge in [0.05, 0.1) is 6.10 Å². The minimum atomic E-state index is -0.0329. The highest BCUT2D eigenvalue weighted by Crippen LogP contribution is 2.40. The molecule has 0 radical (unpaired) electrons. The fourth-order valence-electron chi connectivity index (χ4n) is 5.11. The van der Waals surface area contributed by atoms with Gasteiger partial charge < -0.3 is 4.74 Å². The fraction of sp³-hybridized carbons (Fsp3) is 0.467. The number of nitrogens with zero attached hydrogens (tertiary/aromatic N) is 1.